The average molecular weight is 310 g/mol. The quantitative estimate of drug-likeness (QED) is 0.313. The average Bonchev–Trinajstić information content (AvgIpc) is 2.46. The molecule has 6 N–H and O–H groups in total. The Bertz CT molecular complexity index is 298. The number of aliphatic hydroxyl groups excluding tert-OH is 6. The first-order valence-electron chi connectivity index (χ1n) is 6.86. The number of hydrogen-bond acceptors (Lipinski definition) is 9. The smallest absolute Gasteiger partial charge is 0.163 e. The third-order valence-electron chi connectivity index (χ3n) is 3.73. The lowest BCUT2D eigenvalue weighted by atomic mass is 10.0. The van der Waals surface area contributed by atoms with Gasteiger partial charge in [0, 0.05) is 12.8 Å². The molecule has 2 aliphatic rings. The molecule has 0 spiro atoms. The largest absolute Gasteiger partial charge is 0.394 e. The standard InChI is InChI=1S/C12H22O9/c13-3-7-11(17)5(15)1-9(19-7)21-10-2-6(16)12(18)8(4-14)20-10/h5-18H,1-4H2/t5-,6-,7-,8-,9?,10?,11+,12+/m1/s1. The summed E-state index contributed by atoms with van der Waals surface area (Å²) in [5, 5.41) is 56.7. The molecule has 0 aliphatic carbocycles. The van der Waals surface area contributed by atoms with Crippen molar-refractivity contribution in [1.29, 1.82) is 0 Å². The first-order valence-corrected chi connectivity index (χ1v) is 6.86. The molecule has 0 aromatic heterocycles. The van der Waals surface area contributed by atoms with Crippen LogP contribution in [0, 0.1) is 0 Å². The molecule has 21 heavy (non-hydrogen) atoms. The van der Waals surface area contributed by atoms with Gasteiger partial charge in [-0.1, -0.05) is 0 Å². The molecule has 9 nitrogen and oxygen atoms in total. The van der Waals surface area contributed by atoms with Gasteiger partial charge in [-0.25, -0.2) is 0 Å². The molecule has 2 saturated heterocycles. The maximum absolute atomic E-state index is 9.68. The van der Waals surface area contributed by atoms with E-state index < -0.39 is 62.4 Å². The number of hydrogen-bond donors (Lipinski definition) is 6. The molecular weight excluding hydrogens is 288 g/mol. The lowest BCUT2D eigenvalue weighted by Crippen LogP contribution is -2.54. The van der Waals surface area contributed by atoms with Crippen LogP contribution in [0.25, 0.3) is 0 Å². The molecule has 2 aliphatic heterocycles. The van der Waals surface area contributed by atoms with Crippen molar-refractivity contribution in [2.45, 2.75) is 62.0 Å². The van der Waals surface area contributed by atoms with Crippen LogP contribution in [0.15, 0.2) is 0 Å². The lowest BCUT2D eigenvalue weighted by Gasteiger charge is -2.40. The molecule has 9 heteroatoms. The van der Waals surface area contributed by atoms with Crippen molar-refractivity contribution >= 4 is 0 Å². The highest BCUT2D eigenvalue weighted by Crippen LogP contribution is 2.27. The van der Waals surface area contributed by atoms with Crippen LogP contribution in [-0.4, -0.2) is 93.1 Å². The molecular formula is C12H22O9. The van der Waals surface area contributed by atoms with Crippen molar-refractivity contribution in [2.24, 2.45) is 0 Å². The number of rotatable bonds is 4. The van der Waals surface area contributed by atoms with E-state index in [0.717, 1.165) is 0 Å². The highest BCUT2D eigenvalue weighted by atomic mass is 16.8. The summed E-state index contributed by atoms with van der Waals surface area (Å²) in [6.45, 7) is -0.964. The normalized spacial score (nSPS) is 48.3. The summed E-state index contributed by atoms with van der Waals surface area (Å²) in [7, 11) is 0. The topological polar surface area (TPSA) is 149 Å². The van der Waals surface area contributed by atoms with Crippen molar-refractivity contribution in [3.05, 3.63) is 0 Å². The highest BCUT2D eigenvalue weighted by Gasteiger charge is 2.41. The molecule has 0 aromatic carbocycles. The predicted molar refractivity (Wildman–Crippen MR) is 65.8 cm³/mol. The third kappa shape index (κ3) is 3.89. The van der Waals surface area contributed by atoms with Crippen LogP contribution in [0.2, 0.25) is 0 Å². The zero-order chi connectivity index (χ0) is 15.6. The van der Waals surface area contributed by atoms with Crippen LogP contribution in [0.5, 0.6) is 0 Å². The first kappa shape index (κ1) is 17.0. The maximum atomic E-state index is 9.68. The van der Waals surface area contributed by atoms with Crippen LogP contribution >= 0.6 is 0 Å². The summed E-state index contributed by atoms with van der Waals surface area (Å²) < 4.78 is 16.0. The third-order valence-corrected chi connectivity index (χ3v) is 3.73. The summed E-state index contributed by atoms with van der Waals surface area (Å²) in [5.74, 6) is 0. The van der Waals surface area contributed by atoms with E-state index in [1.165, 1.54) is 0 Å². The van der Waals surface area contributed by atoms with Crippen LogP contribution < -0.4 is 0 Å². The van der Waals surface area contributed by atoms with E-state index in [2.05, 4.69) is 0 Å². The SMILES string of the molecule is OC[C@H]1OC(OC2C[C@@H](O)[C@H](O)[C@@H](CO)O2)C[C@@H](O)[C@@H]1O. The summed E-state index contributed by atoms with van der Waals surface area (Å²) >= 11 is 0. The van der Waals surface area contributed by atoms with Gasteiger partial charge in [-0.15, -0.1) is 0 Å². The fourth-order valence-corrected chi connectivity index (χ4v) is 2.48. The maximum Gasteiger partial charge on any atom is 0.163 e. The molecule has 0 radical (unpaired) electrons. The van der Waals surface area contributed by atoms with Crippen molar-refractivity contribution < 1.29 is 44.8 Å². The van der Waals surface area contributed by atoms with Gasteiger partial charge in [-0.2, -0.15) is 0 Å². The second-order valence-corrected chi connectivity index (χ2v) is 5.30. The van der Waals surface area contributed by atoms with Crippen molar-refractivity contribution in [3.8, 4) is 0 Å². The molecule has 0 amide bonds. The summed E-state index contributed by atoms with van der Waals surface area (Å²) in [6.07, 6.45) is -8.54. The Morgan fingerprint density at radius 2 is 1.14 bits per heavy atom. The molecule has 2 heterocycles. The van der Waals surface area contributed by atoms with E-state index >= 15 is 0 Å². The van der Waals surface area contributed by atoms with E-state index in [4.69, 9.17) is 24.4 Å². The van der Waals surface area contributed by atoms with Gasteiger partial charge >= 0.3 is 0 Å². The zero-order valence-electron chi connectivity index (χ0n) is 11.4. The van der Waals surface area contributed by atoms with Crippen molar-refractivity contribution in [1.82, 2.24) is 0 Å². The van der Waals surface area contributed by atoms with Crippen LogP contribution in [0.1, 0.15) is 12.8 Å². The number of ether oxygens (including phenoxy) is 3. The van der Waals surface area contributed by atoms with E-state index in [9.17, 15) is 20.4 Å². The van der Waals surface area contributed by atoms with E-state index in [0.29, 0.717) is 0 Å². The van der Waals surface area contributed by atoms with Crippen molar-refractivity contribution in [2.75, 3.05) is 13.2 Å². The lowest BCUT2D eigenvalue weighted by molar-refractivity contribution is -0.333. The summed E-state index contributed by atoms with van der Waals surface area (Å²) in [5.41, 5.74) is 0. The Kier molecular flexibility index (Phi) is 5.88. The molecule has 0 bridgehead atoms. The Morgan fingerprint density at radius 3 is 1.48 bits per heavy atom. The molecule has 0 saturated carbocycles. The van der Waals surface area contributed by atoms with Gasteiger partial charge in [0.25, 0.3) is 0 Å². The molecule has 0 aromatic rings. The van der Waals surface area contributed by atoms with Crippen molar-refractivity contribution in [3.63, 3.8) is 0 Å². The molecule has 2 fully saturated rings. The second-order valence-electron chi connectivity index (χ2n) is 5.30. The molecule has 124 valence electrons. The zero-order valence-corrected chi connectivity index (χ0v) is 11.4. The van der Waals surface area contributed by atoms with E-state index in [-0.39, 0.29) is 12.8 Å². The molecule has 8 atom stereocenters. The van der Waals surface area contributed by atoms with Gasteiger partial charge in [0.05, 0.1) is 25.4 Å². The minimum Gasteiger partial charge on any atom is -0.394 e. The Morgan fingerprint density at radius 1 is 0.762 bits per heavy atom. The summed E-state index contributed by atoms with van der Waals surface area (Å²) in [6, 6.07) is 0. The van der Waals surface area contributed by atoms with Crippen LogP contribution in [-0.2, 0) is 14.2 Å². The first-order chi connectivity index (χ1) is 9.96. The van der Waals surface area contributed by atoms with Gasteiger partial charge in [0.2, 0.25) is 0 Å². The minimum atomic E-state index is -1.21. The van der Waals surface area contributed by atoms with Gasteiger partial charge in [0.1, 0.15) is 24.4 Å². The Labute approximate surface area is 121 Å². The van der Waals surface area contributed by atoms with Gasteiger partial charge < -0.3 is 44.8 Å². The second kappa shape index (κ2) is 7.27. The van der Waals surface area contributed by atoms with Gasteiger partial charge in [0.15, 0.2) is 12.6 Å². The minimum absolute atomic E-state index is 0.0278. The van der Waals surface area contributed by atoms with Crippen LogP contribution in [0.4, 0.5) is 0 Å². The van der Waals surface area contributed by atoms with Crippen LogP contribution in [0.3, 0.4) is 0 Å². The van der Waals surface area contributed by atoms with Gasteiger partial charge in [-0.05, 0) is 0 Å². The monoisotopic (exact) mass is 310 g/mol. The number of aliphatic hydroxyl groups is 6. The van der Waals surface area contributed by atoms with Gasteiger partial charge in [-0.3, -0.25) is 0 Å². The molecule has 2 rings (SSSR count). The predicted octanol–water partition coefficient (Wildman–Crippen LogP) is -3.34. The fourth-order valence-electron chi connectivity index (χ4n) is 2.48. The fraction of sp³-hybridized carbons (Fsp3) is 1.00. The Balaban J connectivity index is 1.92. The summed E-state index contributed by atoms with van der Waals surface area (Å²) in [4.78, 5) is 0. The molecule has 2 unspecified atom stereocenters. The Hall–Kier alpha value is -0.360. The van der Waals surface area contributed by atoms with E-state index in [1.54, 1.807) is 0 Å². The highest BCUT2D eigenvalue weighted by molar-refractivity contribution is 4.85. The van der Waals surface area contributed by atoms with E-state index in [1.807, 2.05) is 0 Å².